The van der Waals surface area contributed by atoms with E-state index in [1.807, 2.05) is 0 Å². The molecule has 1 aromatic carbocycles. The monoisotopic (exact) mass is 449 g/mol. The van der Waals surface area contributed by atoms with Gasteiger partial charge in [0.25, 0.3) is 0 Å². The summed E-state index contributed by atoms with van der Waals surface area (Å²) in [6.07, 6.45) is 1.60. The molecule has 1 aromatic rings. The molecule has 2 aliphatic heterocycles. The minimum absolute atomic E-state index is 0.208. The van der Waals surface area contributed by atoms with Gasteiger partial charge in [-0.2, -0.15) is 0 Å². The molecule has 0 radical (unpaired) electrons. The van der Waals surface area contributed by atoms with Crippen LogP contribution in [0.5, 0.6) is 0 Å². The highest BCUT2D eigenvalue weighted by atomic mass is 35.5. The molecule has 1 fully saturated rings. The van der Waals surface area contributed by atoms with Crippen LogP contribution in [0.1, 0.15) is 38.3 Å². The Balaban J connectivity index is 1.89. The number of piperidine rings is 1. The van der Waals surface area contributed by atoms with Gasteiger partial charge in [0.2, 0.25) is 0 Å². The summed E-state index contributed by atoms with van der Waals surface area (Å²) in [6.45, 7) is 5.66. The Bertz CT molecular complexity index is 855. The lowest BCUT2D eigenvalue weighted by Gasteiger charge is -2.35. The van der Waals surface area contributed by atoms with Crippen LogP contribution in [0, 0.1) is 5.92 Å². The lowest BCUT2D eigenvalue weighted by atomic mass is 9.94. The minimum atomic E-state index is -0.661. The largest absolute Gasteiger partial charge is 0.466 e. The van der Waals surface area contributed by atoms with E-state index in [2.05, 4.69) is 15.5 Å². The maximum atomic E-state index is 12.9. The molecule has 8 nitrogen and oxygen atoms in total. The number of nitrogens with one attached hydrogen (secondary N) is 2. The van der Waals surface area contributed by atoms with Crippen molar-refractivity contribution >= 4 is 29.6 Å². The van der Waals surface area contributed by atoms with Crippen LogP contribution in [0.3, 0.4) is 0 Å². The van der Waals surface area contributed by atoms with Gasteiger partial charge in [-0.3, -0.25) is 9.69 Å². The summed E-state index contributed by atoms with van der Waals surface area (Å²) in [5.74, 6) is -0.922. The van der Waals surface area contributed by atoms with Gasteiger partial charge in [-0.05, 0) is 50.9 Å². The smallest absolute Gasteiger partial charge is 0.338 e. The summed E-state index contributed by atoms with van der Waals surface area (Å²) in [5.41, 5.74) is 1.55. The number of nitrogens with zero attached hydrogens (tertiary/aromatic N) is 1. The van der Waals surface area contributed by atoms with Crippen LogP contribution >= 0.6 is 11.6 Å². The summed E-state index contributed by atoms with van der Waals surface area (Å²) < 4.78 is 10.5. The Morgan fingerprint density at radius 1 is 1.16 bits per heavy atom. The number of hydrogen-bond donors (Lipinski definition) is 2. The number of halogens is 1. The predicted molar refractivity (Wildman–Crippen MR) is 115 cm³/mol. The Morgan fingerprint density at radius 2 is 1.87 bits per heavy atom. The van der Waals surface area contributed by atoms with Gasteiger partial charge >= 0.3 is 18.0 Å². The van der Waals surface area contributed by atoms with Crippen LogP contribution in [0.2, 0.25) is 5.02 Å². The molecule has 0 saturated carbocycles. The second-order valence-corrected chi connectivity index (χ2v) is 7.96. The summed E-state index contributed by atoms with van der Waals surface area (Å²) in [4.78, 5) is 39.5. The molecule has 0 spiro atoms. The van der Waals surface area contributed by atoms with E-state index in [0.29, 0.717) is 36.0 Å². The quantitative estimate of drug-likeness (QED) is 0.621. The van der Waals surface area contributed by atoms with Crippen molar-refractivity contribution in [3.8, 4) is 0 Å². The number of ether oxygens (including phenoxy) is 2. The molecule has 2 heterocycles. The summed E-state index contributed by atoms with van der Waals surface area (Å²) in [6, 6.07) is 5.90. The third-order valence-corrected chi connectivity index (χ3v) is 5.61. The van der Waals surface area contributed by atoms with Crippen molar-refractivity contribution < 1.29 is 23.9 Å². The van der Waals surface area contributed by atoms with E-state index in [4.69, 9.17) is 21.1 Å². The Kier molecular flexibility index (Phi) is 7.92. The van der Waals surface area contributed by atoms with Crippen molar-refractivity contribution in [2.75, 3.05) is 32.8 Å². The van der Waals surface area contributed by atoms with Gasteiger partial charge < -0.3 is 20.1 Å². The van der Waals surface area contributed by atoms with Crippen LogP contribution in [0.15, 0.2) is 35.5 Å². The first kappa shape index (κ1) is 23.1. The number of carbonyl (C=O) groups excluding carboxylic acids is 3. The van der Waals surface area contributed by atoms with Gasteiger partial charge in [-0.1, -0.05) is 23.7 Å². The number of hydrogen-bond acceptors (Lipinski definition) is 6. The molecule has 1 saturated heterocycles. The third-order valence-electron chi connectivity index (χ3n) is 5.36. The SMILES string of the molecule is CCOC(=O)C1=C(CN2CCC[C@H](C(=O)OCC)C2)NC(=O)N[C@H]1c1ccc(Cl)cc1. The van der Waals surface area contributed by atoms with Gasteiger partial charge in [0.15, 0.2) is 0 Å². The molecule has 168 valence electrons. The zero-order chi connectivity index (χ0) is 22.4. The minimum Gasteiger partial charge on any atom is -0.466 e. The predicted octanol–water partition coefficient (Wildman–Crippen LogP) is 2.79. The Labute approximate surface area is 186 Å². The van der Waals surface area contributed by atoms with Gasteiger partial charge in [0.1, 0.15) is 0 Å². The molecule has 0 aliphatic carbocycles. The fraction of sp³-hybridized carbons (Fsp3) is 0.500. The fourth-order valence-electron chi connectivity index (χ4n) is 3.97. The molecule has 9 heteroatoms. The number of carbonyl (C=O) groups is 3. The number of rotatable bonds is 7. The average Bonchev–Trinajstić information content (AvgIpc) is 2.74. The molecule has 31 heavy (non-hydrogen) atoms. The first-order valence-electron chi connectivity index (χ1n) is 10.5. The van der Waals surface area contributed by atoms with Crippen molar-refractivity contribution in [2.45, 2.75) is 32.7 Å². The van der Waals surface area contributed by atoms with Crippen molar-refractivity contribution in [3.05, 3.63) is 46.1 Å². The molecule has 0 bridgehead atoms. The van der Waals surface area contributed by atoms with Crippen molar-refractivity contribution in [3.63, 3.8) is 0 Å². The summed E-state index contributed by atoms with van der Waals surface area (Å²) >= 11 is 6.00. The van der Waals surface area contributed by atoms with Gasteiger partial charge in [-0.25, -0.2) is 9.59 Å². The Morgan fingerprint density at radius 3 is 2.55 bits per heavy atom. The lowest BCUT2D eigenvalue weighted by molar-refractivity contribution is -0.150. The number of likely N-dealkylation sites (tertiary alicyclic amines) is 1. The molecule has 3 rings (SSSR count). The number of amides is 2. The van der Waals surface area contributed by atoms with Gasteiger partial charge in [-0.15, -0.1) is 0 Å². The van der Waals surface area contributed by atoms with E-state index in [9.17, 15) is 14.4 Å². The number of esters is 2. The van der Waals surface area contributed by atoms with E-state index in [-0.39, 0.29) is 18.5 Å². The fourth-order valence-corrected chi connectivity index (χ4v) is 4.10. The number of benzene rings is 1. The molecule has 2 amide bonds. The van der Waals surface area contributed by atoms with E-state index in [1.165, 1.54) is 0 Å². The van der Waals surface area contributed by atoms with Crippen molar-refractivity contribution in [1.82, 2.24) is 15.5 Å². The lowest BCUT2D eigenvalue weighted by Crippen LogP contribution is -2.50. The van der Waals surface area contributed by atoms with Crippen LogP contribution in [-0.2, 0) is 19.1 Å². The van der Waals surface area contributed by atoms with Gasteiger partial charge in [0, 0.05) is 23.8 Å². The average molecular weight is 450 g/mol. The first-order chi connectivity index (χ1) is 14.9. The molecular formula is C22H28ClN3O5. The van der Waals surface area contributed by atoms with Crippen LogP contribution < -0.4 is 10.6 Å². The Hall–Kier alpha value is -2.58. The van der Waals surface area contributed by atoms with E-state index < -0.39 is 18.0 Å². The molecule has 2 aliphatic rings. The zero-order valence-electron chi connectivity index (χ0n) is 17.8. The standard InChI is InChI=1S/C22H28ClN3O5/c1-3-30-20(27)15-6-5-11-26(12-15)13-17-18(21(28)31-4-2)19(25-22(29)24-17)14-7-9-16(23)10-8-14/h7-10,15,19H,3-6,11-13H2,1-2H3,(H2,24,25,29)/t15-,19-/m0/s1. The highest BCUT2D eigenvalue weighted by Crippen LogP contribution is 2.30. The molecule has 2 atom stereocenters. The summed E-state index contributed by atoms with van der Waals surface area (Å²) in [7, 11) is 0. The number of urea groups is 1. The first-order valence-corrected chi connectivity index (χ1v) is 10.9. The maximum absolute atomic E-state index is 12.9. The topological polar surface area (TPSA) is 97.0 Å². The normalized spacial score (nSPS) is 21.8. The van der Waals surface area contributed by atoms with Gasteiger partial charge in [0.05, 0.1) is 30.7 Å². The van der Waals surface area contributed by atoms with E-state index in [0.717, 1.165) is 24.9 Å². The van der Waals surface area contributed by atoms with Crippen LogP contribution in [0.25, 0.3) is 0 Å². The molecular weight excluding hydrogens is 422 g/mol. The van der Waals surface area contributed by atoms with E-state index in [1.54, 1.807) is 38.1 Å². The highest BCUT2D eigenvalue weighted by Gasteiger charge is 2.35. The van der Waals surface area contributed by atoms with E-state index >= 15 is 0 Å². The molecule has 0 aromatic heterocycles. The van der Waals surface area contributed by atoms with Crippen molar-refractivity contribution in [1.29, 1.82) is 0 Å². The highest BCUT2D eigenvalue weighted by molar-refractivity contribution is 6.30. The summed E-state index contributed by atoms with van der Waals surface area (Å²) in [5, 5.41) is 6.15. The second-order valence-electron chi connectivity index (χ2n) is 7.52. The molecule has 2 N–H and O–H groups in total. The van der Waals surface area contributed by atoms with Crippen molar-refractivity contribution in [2.24, 2.45) is 5.92 Å². The van der Waals surface area contributed by atoms with Crippen LogP contribution in [0.4, 0.5) is 4.79 Å². The van der Waals surface area contributed by atoms with Crippen LogP contribution in [-0.4, -0.2) is 55.7 Å². The second kappa shape index (κ2) is 10.6. The molecule has 0 unspecified atom stereocenters. The third kappa shape index (κ3) is 5.77. The maximum Gasteiger partial charge on any atom is 0.338 e. The zero-order valence-corrected chi connectivity index (χ0v) is 18.5.